The third-order valence-electron chi connectivity index (χ3n) is 1.46. The van der Waals surface area contributed by atoms with Gasteiger partial charge in [0, 0.05) is 5.56 Å². The Balaban J connectivity index is 3.04. The minimum absolute atomic E-state index is 0.106. The third kappa shape index (κ3) is 1.93. The minimum atomic E-state index is -1.15. The molecule has 0 amide bonds. The molecule has 1 aromatic rings. The van der Waals surface area contributed by atoms with E-state index in [0.29, 0.717) is 0 Å². The highest BCUT2D eigenvalue weighted by molar-refractivity contribution is 6.18. The molecule has 0 saturated carbocycles. The zero-order chi connectivity index (χ0) is 9.14. The molecule has 1 rings (SSSR count). The van der Waals surface area contributed by atoms with Crippen molar-refractivity contribution in [2.75, 3.05) is 5.88 Å². The number of hydrogen-bond donors (Lipinski definition) is 1. The number of benzene rings is 1. The van der Waals surface area contributed by atoms with Crippen LogP contribution in [-0.2, 0) is 0 Å². The molecule has 0 fully saturated rings. The Morgan fingerprint density at radius 3 is 2.67 bits per heavy atom. The quantitative estimate of drug-likeness (QED) is 0.713. The summed E-state index contributed by atoms with van der Waals surface area (Å²) in [6, 6.07) is 2.88. The predicted octanol–water partition coefficient (Wildman–Crippen LogP) is 2.24. The molecule has 4 heteroatoms. The fraction of sp³-hybridized carbons (Fsp3) is 0.250. The zero-order valence-corrected chi connectivity index (χ0v) is 6.85. The van der Waals surface area contributed by atoms with E-state index in [2.05, 4.69) is 0 Å². The van der Waals surface area contributed by atoms with Gasteiger partial charge in [-0.1, -0.05) is 0 Å². The third-order valence-corrected chi connectivity index (χ3v) is 1.76. The van der Waals surface area contributed by atoms with Gasteiger partial charge < -0.3 is 5.11 Å². The minimum Gasteiger partial charge on any atom is -0.387 e. The number of aliphatic hydroxyl groups is 1. The standard InChI is InChI=1S/C8H7ClF2O/c9-4-8(12)6-3-5(10)1-2-7(6)11/h1-3,8,12H,4H2. The van der Waals surface area contributed by atoms with Crippen molar-refractivity contribution in [3.8, 4) is 0 Å². The molecule has 0 spiro atoms. The molecule has 0 aromatic heterocycles. The molecule has 1 nitrogen and oxygen atoms in total. The van der Waals surface area contributed by atoms with Gasteiger partial charge in [0.1, 0.15) is 11.6 Å². The Morgan fingerprint density at radius 1 is 1.42 bits per heavy atom. The molecule has 66 valence electrons. The molecule has 1 aromatic carbocycles. The van der Waals surface area contributed by atoms with Gasteiger partial charge in [-0.15, -0.1) is 11.6 Å². The van der Waals surface area contributed by atoms with E-state index >= 15 is 0 Å². The van der Waals surface area contributed by atoms with Gasteiger partial charge in [0.2, 0.25) is 0 Å². The van der Waals surface area contributed by atoms with Crippen molar-refractivity contribution in [3.05, 3.63) is 35.4 Å². The van der Waals surface area contributed by atoms with Crippen LogP contribution in [0.25, 0.3) is 0 Å². The summed E-state index contributed by atoms with van der Waals surface area (Å²) in [5.74, 6) is -1.39. The smallest absolute Gasteiger partial charge is 0.129 e. The maximum absolute atomic E-state index is 12.8. The van der Waals surface area contributed by atoms with E-state index in [9.17, 15) is 8.78 Å². The summed E-state index contributed by atoms with van der Waals surface area (Å²) in [5, 5.41) is 9.10. The summed E-state index contributed by atoms with van der Waals surface area (Å²) in [6.07, 6.45) is -1.15. The van der Waals surface area contributed by atoms with Crippen LogP contribution in [0.4, 0.5) is 8.78 Å². The van der Waals surface area contributed by atoms with Crippen molar-refractivity contribution in [2.45, 2.75) is 6.10 Å². The van der Waals surface area contributed by atoms with Gasteiger partial charge >= 0.3 is 0 Å². The van der Waals surface area contributed by atoms with Gasteiger partial charge in [0.05, 0.1) is 12.0 Å². The van der Waals surface area contributed by atoms with Gasteiger partial charge in [-0.25, -0.2) is 8.78 Å². The SMILES string of the molecule is OC(CCl)c1cc(F)ccc1F. The van der Waals surface area contributed by atoms with Crippen molar-refractivity contribution >= 4 is 11.6 Å². The fourth-order valence-corrected chi connectivity index (χ4v) is 1.02. The first-order valence-corrected chi connectivity index (χ1v) is 3.87. The van der Waals surface area contributed by atoms with E-state index < -0.39 is 17.7 Å². The summed E-state index contributed by atoms with van der Waals surface area (Å²) < 4.78 is 25.3. The van der Waals surface area contributed by atoms with E-state index in [0.717, 1.165) is 18.2 Å². The highest BCUT2D eigenvalue weighted by atomic mass is 35.5. The molecule has 0 saturated heterocycles. The van der Waals surface area contributed by atoms with Crippen molar-refractivity contribution in [1.29, 1.82) is 0 Å². The van der Waals surface area contributed by atoms with Crippen molar-refractivity contribution in [2.24, 2.45) is 0 Å². The molecule has 1 unspecified atom stereocenters. The van der Waals surface area contributed by atoms with E-state index in [1.807, 2.05) is 0 Å². The lowest BCUT2D eigenvalue weighted by atomic mass is 10.1. The second-order valence-corrected chi connectivity index (χ2v) is 2.64. The number of aliphatic hydroxyl groups excluding tert-OH is 1. The molecule has 0 aliphatic rings. The lowest BCUT2D eigenvalue weighted by molar-refractivity contribution is 0.197. The van der Waals surface area contributed by atoms with Gasteiger partial charge in [0.25, 0.3) is 0 Å². The zero-order valence-electron chi connectivity index (χ0n) is 6.10. The average Bonchev–Trinajstić information content (AvgIpc) is 2.08. The number of alkyl halides is 1. The van der Waals surface area contributed by atoms with E-state index in [4.69, 9.17) is 16.7 Å². The number of rotatable bonds is 2. The van der Waals surface area contributed by atoms with Crippen molar-refractivity contribution in [3.63, 3.8) is 0 Å². The van der Waals surface area contributed by atoms with Crippen LogP contribution in [0.15, 0.2) is 18.2 Å². The normalized spacial score (nSPS) is 13.0. The van der Waals surface area contributed by atoms with Crippen LogP contribution in [0.2, 0.25) is 0 Å². The van der Waals surface area contributed by atoms with Gasteiger partial charge in [-0.2, -0.15) is 0 Å². The molecule has 0 aliphatic carbocycles. The molecular formula is C8H7ClF2O. The first-order valence-electron chi connectivity index (χ1n) is 3.34. The summed E-state index contributed by atoms with van der Waals surface area (Å²) in [5.41, 5.74) is -0.106. The Labute approximate surface area is 73.6 Å². The molecule has 0 heterocycles. The van der Waals surface area contributed by atoms with Crippen LogP contribution in [0.3, 0.4) is 0 Å². The van der Waals surface area contributed by atoms with Crippen LogP contribution >= 0.6 is 11.6 Å². The first kappa shape index (κ1) is 9.42. The van der Waals surface area contributed by atoms with Crippen molar-refractivity contribution in [1.82, 2.24) is 0 Å². The second kappa shape index (κ2) is 3.83. The average molecular weight is 193 g/mol. The maximum atomic E-state index is 12.8. The van der Waals surface area contributed by atoms with Gasteiger partial charge in [0.15, 0.2) is 0 Å². The largest absolute Gasteiger partial charge is 0.387 e. The van der Waals surface area contributed by atoms with E-state index in [1.165, 1.54) is 0 Å². The molecule has 0 bridgehead atoms. The number of hydrogen-bond acceptors (Lipinski definition) is 1. The topological polar surface area (TPSA) is 20.2 Å². The van der Waals surface area contributed by atoms with E-state index in [-0.39, 0.29) is 11.4 Å². The lowest BCUT2D eigenvalue weighted by Crippen LogP contribution is -2.02. The van der Waals surface area contributed by atoms with Crippen LogP contribution in [0.1, 0.15) is 11.7 Å². The summed E-state index contributed by atoms with van der Waals surface area (Å²) in [4.78, 5) is 0. The monoisotopic (exact) mass is 192 g/mol. The van der Waals surface area contributed by atoms with Gasteiger partial charge in [-0.3, -0.25) is 0 Å². The first-order chi connectivity index (χ1) is 5.65. The summed E-state index contributed by atoms with van der Waals surface area (Å²) in [7, 11) is 0. The predicted molar refractivity (Wildman–Crippen MR) is 42.0 cm³/mol. The van der Waals surface area contributed by atoms with Crippen molar-refractivity contribution < 1.29 is 13.9 Å². The molecule has 1 N–H and O–H groups in total. The highest BCUT2D eigenvalue weighted by Gasteiger charge is 2.11. The lowest BCUT2D eigenvalue weighted by Gasteiger charge is -2.07. The Hall–Kier alpha value is -0.670. The maximum Gasteiger partial charge on any atom is 0.129 e. The van der Waals surface area contributed by atoms with Crippen LogP contribution in [0, 0.1) is 11.6 Å². The van der Waals surface area contributed by atoms with Crippen LogP contribution in [-0.4, -0.2) is 11.0 Å². The Bertz CT molecular complexity index is 278. The van der Waals surface area contributed by atoms with E-state index in [1.54, 1.807) is 0 Å². The highest BCUT2D eigenvalue weighted by Crippen LogP contribution is 2.18. The van der Waals surface area contributed by atoms with Crippen LogP contribution < -0.4 is 0 Å². The Morgan fingerprint density at radius 2 is 2.08 bits per heavy atom. The summed E-state index contributed by atoms with van der Waals surface area (Å²) >= 11 is 5.27. The fourth-order valence-electron chi connectivity index (χ4n) is 0.853. The second-order valence-electron chi connectivity index (χ2n) is 2.34. The summed E-state index contributed by atoms with van der Waals surface area (Å²) in [6.45, 7) is 0. The molecular weight excluding hydrogens is 186 g/mol. The molecule has 1 atom stereocenters. The molecule has 0 aliphatic heterocycles. The van der Waals surface area contributed by atoms with Crippen LogP contribution in [0.5, 0.6) is 0 Å². The van der Waals surface area contributed by atoms with Gasteiger partial charge in [-0.05, 0) is 18.2 Å². The molecule has 0 radical (unpaired) electrons. The number of halogens is 3. The Kier molecular flexibility index (Phi) is 3.00. The molecule has 12 heavy (non-hydrogen) atoms.